The lowest BCUT2D eigenvalue weighted by atomic mass is 9.99. The lowest BCUT2D eigenvalue weighted by Crippen LogP contribution is -2.51. The molecule has 0 spiro atoms. The molecule has 1 aliphatic carbocycles. The Morgan fingerprint density at radius 2 is 1.62 bits per heavy atom. The number of nitrogens with zero attached hydrogens (tertiary/aromatic N) is 6. The normalized spacial score (nSPS) is 23.2. The Hall–Kier alpha value is -1.01. The topological polar surface area (TPSA) is 50.1 Å². The lowest BCUT2D eigenvalue weighted by Gasteiger charge is -2.42. The predicted octanol–water partition coefficient (Wildman–Crippen LogP) is 2.69. The van der Waals surface area contributed by atoms with E-state index in [1.807, 2.05) is 4.68 Å². The Labute approximate surface area is 146 Å². The molecule has 0 unspecified atom stereocenters. The molecular weight excluding hydrogens is 300 g/mol. The summed E-state index contributed by atoms with van der Waals surface area (Å²) in [5.41, 5.74) is -0.0857. The van der Waals surface area contributed by atoms with Gasteiger partial charge in [0.1, 0.15) is 0 Å². The van der Waals surface area contributed by atoms with Crippen molar-refractivity contribution in [2.75, 3.05) is 26.2 Å². The van der Waals surface area contributed by atoms with Crippen molar-refractivity contribution >= 4 is 0 Å². The highest BCUT2D eigenvalue weighted by atomic mass is 15.6. The van der Waals surface area contributed by atoms with Crippen LogP contribution in [-0.2, 0) is 5.54 Å². The molecule has 0 radical (unpaired) electrons. The summed E-state index contributed by atoms with van der Waals surface area (Å²) in [6.07, 6.45) is 5.63. The molecule has 0 bridgehead atoms. The van der Waals surface area contributed by atoms with Crippen LogP contribution in [0.15, 0.2) is 0 Å². The molecule has 6 heteroatoms. The molecule has 1 saturated heterocycles. The van der Waals surface area contributed by atoms with Gasteiger partial charge >= 0.3 is 0 Å². The van der Waals surface area contributed by atoms with Crippen molar-refractivity contribution in [2.45, 2.75) is 77.9 Å². The first-order valence-corrected chi connectivity index (χ1v) is 9.65. The molecule has 2 fully saturated rings. The fourth-order valence-corrected chi connectivity index (χ4v) is 4.39. The molecule has 6 nitrogen and oxygen atoms in total. The summed E-state index contributed by atoms with van der Waals surface area (Å²) in [5, 5.41) is 12.7. The van der Waals surface area contributed by atoms with Gasteiger partial charge in [0.15, 0.2) is 5.82 Å². The Kier molecular flexibility index (Phi) is 5.25. The summed E-state index contributed by atoms with van der Waals surface area (Å²) in [6, 6.07) is 1.13. The van der Waals surface area contributed by atoms with Gasteiger partial charge in [-0.1, -0.05) is 26.7 Å². The van der Waals surface area contributed by atoms with Gasteiger partial charge in [0.25, 0.3) is 0 Å². The van der Waals surface area contributed by atoms with E-state index in [1.165, 1.54) is 38.8 Å². The Bertz CT molecular complexity index is 518. The average Bonchev–Trinajstić information content (AvgIpc) is 3.18. The van der Waals surface area contributed by atoms with Gasteiger partial charge < -0.3 is 0 Å². The first-order chi connectivity index (χ1) is 11.4. The standard InChI is InChI=1S/C18H34N6/c1-14(2)16(17-19-20-21-24(17)18(3,4)5)23-12-10-22(11-13-23)15-8-6-7-9-15/h14-16H,6-13H2,1-5H3/t16-/m1/s1. The van der Waals surface area contributed by atoms with Crippen LogP contribution in [0.3, 0.4) is 0 Å². The maximum absolute atomic E-state index is 4.42. The molecule has 1 saturated carbocycles. The van der Waals surface area contributed by atoms with Gasteiger partial charge in [-0.2, -0.15) is 0 Å². The third-order valence-electron chi connectivity index (χ3n) is 5.61. The molecule has 24 heavy (non-hydrogen) atoms. The summed E-state index contributed by atoms with van der Waals surface area (Å²) in [5.74, 6) is 1.52. The minimum Gasteiger partial charge on any atom is -0.298 e. The van der Waals surface area contributed by atoms with Crippen molar-refractivity contribution in [1.29, 1.82) is 0 Å². The third-order valence-corrected chi connectivity index (χ3v) is 5.61. The van der Waals surface area contributed by atoms with Gasteiger partial charge in [-0.3, -0.25) is 9.80 Å². The Balaban J connectivity index is 1.72. The molecule has 2 heterocycles. The molecule has 136 valence electrons. The van der Waals surface area contributed by atoms with E-state index in [0.29, 0.717) is 12.0 Å². The molecule has 1 aliphatic heterocycles. The van der Waals surface area contributed by atoms with Crippen LogP contribution in [0.1, 0.15) is 72.2 Å². The molecule has 2 aliphatic rings. The van der Waals surface area contributed by atoms with Gasteiger partial charge in [-0.05, 0) is 50.0 Å². The second kappa shape index (κ2) is 7.08. The second-order valence-electron chi connectivity index (χ2n) is 8.82. The molecule has 3 rings (SSSR count). The SMILES string of the molecule is CC(C)[C@H](c1nnnn1C(C)(C)C)N1CCN(C2CCCC2)CC1. The van der Waals surface area contributed by atoms with Crippen molar-refractivity contribution in [1.82, 2.24) is 30.0 Å². The molecule has 1 aromatic rings. The van der Waals surface area contributed by atoms with Gasteiger partial charge in [-0.15, -0.1) is 5.10 Å². The van der Waals surface area contributed by atoms with E-state index in [0.717, 1.165) is 25.0 Å². The number of aromatic nitrogens is 4. The highest BCUT2D eigenvalue weighted by Crippen LogP contribution is 2.31. The molecule has 0 N–H and O–H groups in total. The van der Waals surface area contributed by atoms with Crippen LogP contribution < -0.4 is 0 Å². The van der Waals surface area contributed by atoms with Crippen molar-refractivity contribution in [3.8, 4) is 0 Å². The van der Waals surface area contributed by atoms with Gasteiger partial charge in [-0.25, -0.2) is 4.68 Å². The number of tetrazole rings is 1. The van der Waals surface area contributed by atoms with Crippen molar-refractivity contribution in [3.63, 3.8) is 0 Å². The molecule has 1 atom stereocenters. The largest absolute Gasteiger partial charge is 0.298 e. The Morgan fingerprint density at radius 3 is 2.17 bits per heavy atom. The minimum atomic E-state index is -0.0857. The van der Waals surface area contributed by atoms with Crippen LogP contribution in [0, 0.1) is 5.92 Å². The number of rotatable bonds is 4. The zero-order valence-electron chi connectivity index (χ0n) is 16.1. The number of hydrogen-bond donors (Lipinski definition) is 0. The van der Waals surface area contributed by atoms with Crippen LogP contribution in [0.4, 0.5) is 0 Å². The van der Waals surface area contributed by atoms with E-state index in [1.54, 1.807) is 0 Å². The molecular formula is C18H34N6. The summed E-state index contributed by atoms with van der Waals surface area (Å²) in [4.78, 5) is 5.32. The maximum atomic E-state index is 4.42. The lowest BCUT2D eigenvalue weighted by molar-refractivity contribution is 0.0481. The molecule has 1 aromatic heterocycles. The fraction of sp³-hybridized carbons (Fsp3) is 0.944. The van der Waals surface area contributed by atoms with Crippen molar-refractivity contribution < 1.29 is 0 Å². The van der Waals surface area contributed by atoms with Crippen LogP contribution in [0.25, 0.3) is 0 Å². The Morgan fingerprint density at radius 1 is 1.00 bits per heavy atom. The van der Waals surface area contributed by atoms with E-state index in [-0.39, 0.29) is 5.54 Å². The zero-order valence-corrected chi connectivity index (χ0v) is 16.1. The van der Waals surface area contributed by atoms with Crippen LogP contribution >= 0.6 is 0 Å². The monoisotopic (exact) mass is 334 g/mol. The summed E-state index contributed by atoms with van der Waals surface area (Å²) >= 11 is 0. The quantitative estimate of drug-likeness (QED) is 0.847. The smallest absolute Gasteiger partial charge is 0.169 e. The van der Waals surface area contributed by atoms with E-state index >= 15 is 0 Å². The summed E-state index contributed by atoms with van der Waals surface area (Å²) < 4.78 is 2.01. The van der Waals surface area contributed by atoms with E-state index < -0.39 is 0 Å². The van der Waals surface area contributed by atoms with Gasteiger partial charge in [0, 0.05) is 32.2 Å². The summed E-state index contributed by atoms with van der Waals surface area (Å²) in [6.45, 7) is 15.7. The van der Waals surface area contributed by atoms with Crippen molar-refractivity contribution in [3.05, 3.63) is 5.82 Å². The van der Waals surface area contributed by atoms with E-state index in [4.69, 9.17) is 0 Å². The average molecular weight is 335 g/mol. The highest BCUT2D eigenvalue weighted by Gasteiger charge is 2.35. The number of hydrogen-bond acceptors (Lipinski definition) is 5. The fourth-order valence-electron chi connectivity index (χ4n) is 4.39. The second-order valence-corrected chi connectivity index (χ2v) is 8.82. The highest BCUT2D eigenvalue weighted by molar-refractivity contribution is 4.99. The zero-order chi connectivity index (χ0) is 17.3. The van der Waals surface area contributed by atoms with E-state index in [2.05, 4.69) is 59.9 Å². The summed E-state index contributed by atoms with van der Waals surface area (Å²) in [7, 11) is 0. The minimum absolute atomic E-state index is 0.0857. The van der Waals surface area contributed by atoms with Gasteiger partial charge in [0.05, 0.1) is 11.6 Å². The first kappa shape index (κ1) is 17.8. The molecule has 0 amide bonds. The first-order valence-electron chi connectivity index (χ1n) is 9.65. The van der Waals surface area contributed by atoms with E-state index in [9.17, 15) is 0 Å². The van der Waals surface area contributed by atoms with Crippen molar-refractivity contribution in [2.24, 2.45) is 5.92 Å². The van der Waals surface area contributed by atoms with Crippen LogP contribution in [0.5, 0.6) is 0 Å². The molecule has 0 aromatic carbocycles. The third kappa shape index (κ3) is 3.64. The van der Waals surface area contributed by atoms with Crippen LogP contribution in [0.2, 0.25) is 0 Å². The maximum Gasteiger partial charge on any atom is 0.169 e. The predicted molar refractivity (Wildman–Crippen MR) is 95.8 cm³/mol. The van der Waals surface area contributed by atoms with Gasteiger partial charge in [0.2, 0.25) is 0 Å². The van der Waals surface area contributed by atoms with Crippen LogP contribution in [-0.4, -0.2) is 62.2 Å². The number of piperazine rings is 1.